The van der Waals surface area contributed by atoms with Crippen LogP contribution in [0.25, 0.3) is 0 Å². The Balaban J connectivity index is 2.03. The molecule has 0 N–H and O–H groups in total. The Labute approximate surface area is 118 Å². The number of aryl methyl sites for hydroxylation is 1. The lowest BCUT2D eigenvalue weighted by Gasteiger charge is -2.11. The Kier molecular flexibility index (Phi) is 3.03. The minimum absolute atomic E-state index is 0.402. The van der Waals surface area contributed by atoms with E-state index in [-0.39, 0.29) is 0 Å². The Morgan fingerprint density at radius 1 is 1.44 bits per heavy atom. The third-order valence-electron chi connectivity index (χ3n) is 3.04. The smallest absolute Gasteiger partial charge is 0.225 e. The van der Waals surface area contributed by atoms with Crippen LogP contribution >= 0.6 is 27.5 Å². The lowest BCUT2D eigenvalue weighted by atomic mass is 10.1. The fourth-order valence-corrected chi connectivity index (χ4v) is 2.94. The van der Waals surface area contributed by atoms with Crippen molar-refractivity contribution in [2.75, 3.05) is 6.61 Å². The molecule has 1 aliphatic rings. The molecule has 18 heavy (non-hydrogen) atoms. The molecule has 0 radical (unpaired) electrons. The maximum Gasteiger partial charge on any atom is 0.225 e. The van der Waals surface area contributed by atoms with Crippen LogP contribution in [-0.2, 0) is 13.0 Å². The van der Waals surface area contributed by atoms with E-state index in [1.807, 2.05) is 11.5 Å². The summed E-state index contributed by atoms with van der Waals surface area (Å²) in [6.45, 7) is 3.26. The van der Waals surface area contributed by atoms with Gasteiger partial charge in [-0.05, 0) is 36.2 Å². The van der Waals surface area contributed by atoms with Crippen LogP contribution in [0.5, 0.6) is 5.75 Å². The number of hydrogen-bond acceptors (Lipinski definition) is 3. The molecular weight excluding hydrogens is 318 g/mol. The summed E-state index contributed by atoms with van der Waals surface area (Å²) in [7, 11) is 0. The van der Waals surface area contributed by atoms with Crippen molar-refractivity contribution in [3.05, 3.63) is 38.8 Å². The van der Waals surface area contributed by atoms with E-state index in [0.717, 1.165) is 34.6 Å². The van der Waals surface area contributed by atoms with E-state index in [4.69, 9.17) is 16.3 Å². The average molecular weight is 329 g/mol. The predicted molar refractivity (Wildman–Crippen MR) is 72.2 cm³/mol. The first-order valence-electron chi connectivity index (χ1n) is 5.64. The van der Waals surface area contributed by atoms with E-state index in [0.29, 0.717) is 11.8 Å². The Morgan fingerprint density at radius 3 is 3.00 bits per heavy atom. The Hall–Kier alpha value is -1.07. The lowest BCUT2D eigenvalue weighted by Crippen LogP contribution is -2.04. The summed E-state index contributed by atoms with van der Waals surface area (Å²) < 4.78 is 8.62. The van der Waals surface area contributed by atoms with Crippen LogP contribution in [0.4, 0.5) is 0 Å². The highest BCUT2D eigenvalue weighted by atomic mass is 79.9. The molecule has 0 saturated heterocycles. The van der Waals surface area contributed by atoms with Gasteiger partial charge in [0.05, 0.1) is 13.2 Å². The Bertz CT molecular complexity index is 592. The van der Waals surface area contributed by atoms with Crippen molar-refractivity contribution < 1.29 is 4.74 Å². The molecule has 0 saturated carbocycles. The summed E-state index contributed by atoms with van der Waals surface area (Å²) >= 11 is 9.55. The van der Waals surface area contributed by atoms with E-state index in [2.05, 4.69) is 38.3 Å². The minimum Gasteiger partial charge on any atom is -0.493 e. The molecule has 0 atom stereocenters. The zero-order valence-electron chi connectivity index (χ0n) is 9.78. The lowest BCUT2D eigenvalue weighted by molar-refractivity contribution is 0.352. The number of nitrogens with zero attached hydrogens (tertiary/aromatic N) is 3. The van der Waals surface area contributed by atoms with Crippen molar-refractivity contribution in [1.82, 2.24) is 14.8 Å². The first-order chi connectivity index (χ1) is 8.65. The molecule has 6 heteroatoms. The third kappa shape index (κ3) is 2.01. The molecule has 2 heterocycles. The topological polar surface area (TPSA) is 39.9 Å². The van der Waals surface area contributed by atoms with Gasteiger partial charge in [-0.2, -0.15) is 0 Å². The number of hydrogen-bond donors (Lipinski definition) is 0. The first kappa shape index (κ1) is 12.0. The van der Waals surface area contributed by atoms with Crippen molar-refractivity contribution >= 4 is 27.5 Å². The van der Waals surface area contributed by atoms with Crippen molar-refractivity contribution in [2.24, 2.45) is 0 Å². The van der Waals surface area contributed by atoms with Crippen molar-refractivity contribution in [2.45, 2.75) is 19.9 Å². The molecule has 94 valence electrons. The zero-order chi connectivity index (χ0) is 12.7. The molecule has 0 aliphatic carbocycles. The summed E-state index contributed by atoms with van der Waals surface area (Å²) in [6, 6.07) is 4.16. The van der Waals surface area contributed by atoms with Crippen LogP contribution in [0.15, 0.2) is 16.6 Å². The van der Waals surface area contributed by atoms with Gasteiger partial charge >= 0.3 is 0 Å². The van der Waals surface area contributed by atoms with E-state index >= 15 is 0 Å². The number of aromatic nitrogens is 3. The summed E-state index contributed by atoms with van der Waals surface area (Å²) in [4.78, 5) is 0. The van der Waals surface area contributed by atoms with Gasteiger partial charge in [0.15, 0.2) is 0 Å². The molecule has 1 aromatic heterocycles. The average Bonchev–Trinajstić information content (AvgIpc) is 2.90. The number of ether oxygens (including phenoxy) is 1. The van der Waals surface area contributed by atoms with Crippen LogP contribution in [0.1, 0.15) is 17.0 Å². The monoisotopic (exact) mass is 327 g/mol. The van der Waals surface area contributed by atoms with E-state index < -0.39 is 0 Å². The summed E-state index contributed by atoms with van der Waals surface area (Å²) in [5.41, 5.74) is 2.34. The van der Waals surface area contributed by atoms with Gasteiger partial charge in [-0.15, -0.1) is 10.2 Å². The van der Waals surface area contributed by atoms with E-state index in [9.17, 15) is 0 Å². The van der Waals surface area contributed by atoms with Gasteiger partial charge in [0.1, 0.15) is 11.6 Å². The molecule has 0 spiro atoms. The fourth-order valence-electron chi connectivity index (χ4n) is 2.17. The number of benzene rings is 1. The maximum atomic E-state index is 6.02. The molecule has 3 rings (SSSR count). The van der Waals surface area contributed by atoms with Crippen LogP contribution in [-0.4, -0.2) is 21.4 Å². The van der Waals surface area contributed by atoms with Gasteiger partial charge < -0.3 is 4.74 Å². The van der Waals surface area contributed by atoms with Crippen LogP contribution in [0.3, 0.4) is 0 Å². The molecule has 4 nitrogen and oxygen atoms in total. The molecule has 0 amide bonds. The number of rotatable bonds is 2. The van der Waals surface area contributed by atoms with Gasteiger partial charge in [-0.1, -0.05) is 15.9 Å². The second-order valence-electron chi connectivity index (χ2n) is 4.25. The van der Waals surface area contributed by atoms with Gasteiger partial charge in [0, 0.05) is 16.5 Å². The second kappa shape index (κ2) is 4.55. The quantitative estimate of drug-likeness (QED) is 0.851. The summed E-state index contributed by atoms with van der Waals surface area (Å²) in [5.74, 6) is 1.77. The zero-order valence-corrected chi connectivity index (χ0v) is 12.1. The number of fused-ring (bicyclic) bond motifs is 1. The molecule has 1 aliphatic heterocycles. The summed E-state index contributed by atoms with van der Waals surface area (Å²) in [5, 5.41) is 8.21. The SMILES string of the molecule is Cc1nnc(Cl)n1Cc1cc(Br)cc2c1OCC2. The number of halogens is 2. The fraction of sp³-hybridized carbons (Fsp3) is 0.333. The Morgan fingerprint density at radius 2 is 2.28 bits per heavy atom. The van der Waals surface area contributed by atoms with Gasteiger partial charge in [0.2, 0.25) is 5.28 Å². The maximum absolute atomic E-state index is 6.02. The summed E-state index contributed by atoms with van der Waals surface area (Å²) in [6.07, 6.45) is 0.955. The third-order valence-corrected chi connectivity index (χ3v) is 3.78. The van der Waals surface area contributed by atoms with Gasteiger partial charge in [-0.25, -0.2) is 0 Å². The largest absolute Gasteiger partial charge is 0.493 e. The first-order valence-corrected chi connectivity index (χ1v) is 6.81. The highest BCUT2D eigenvalue weighted by Gasteiger charge is 2.19. The van der Waals surface area contributed by atoms with Crippen molar-refractivity contribution in [3.8, 4) is 5.75 Å². The highest BCUT2D eigenvalue weighted by Crippen LogP contribution is 2.33. The molecule has 0 fully saturated rings. The standard InChI is InChI=1S/C12H11BrClN3O/c1-7-15-16-12(14)17(7)6-9-5-10(13)4-8-2-3-18-11(8)9/h4-5H,2-3,6H2,1H3. The van der Waals surface area contributed by atoms with Crippen LogP contribution < -0.4 is 4.74 Å². The predicted octanol–water partition coefficient (Wildman–Crippen LogP) is 2.99. The minimum atomic E-state index is 0.402. The molecule has 2 aromatic rings. The van der Waals surface area contributed by atoms with Crippen molar-refractivity contribution in [3.63, 3.8) is 0 Å². The molecular formula is C12H11BrClN3O. The van der Waals surface area contributed by atoms with Crippen LogP contribution in [0, 0.1) is 6.92 Å². The highest BCUT2D eigenvalue weighted by molar-refractivity contribution is 9.10. The molecule has 1 aromatic carbocycles. The molecule has 0 unspecified atom stereocenters. The molecule has 0 bridgehead atoms. The van der Waals surface area contributed by atoms with Gasteiger partial charge in [-0.3, -0.25) is 4.57 Å². The normalized spacial score (nSPS) is 13.5. The van der Waals surface area contributed by atoms with E-state index in [1.54, 1.807) is 0 Å². The second-order valence-corrected chi connectivity index (χ2v) is 5.51. The van der Waals surface area contributed by atoms with Crippen molar-refractivity contribution in [1.29, 1.82) is 0 Å². The van der Waals surface area contributed by atoms with Gasteiger partial charge in [0.25, 0.3) is 0 Å². The van der Waals surface area contributed by atoms with Crippen LogP contribution in [0.2, 0.25) is 5.28 Å². The van der Waals surface area contributed by atoms with E-state index in [1.165, 1.54) is 5.56 Å².